The van der Waals surface area contributed by atoms with E-state index in [1.165, 1.54) is 0 Å². The van der Waals surface area contributed by atoms with Crippen LogP contribution in [0, 0.1) is 5.92 Å². The summed E-state index contributed by atoms with van der Waals surface area (Å²) < 4.78 is 20.8. The third kappa shape index (κ3) is 3.01. The molecule has 0 aliphatic carbocycles. The van der Waals surface area contributed by atoms with Gasteiger partial charge in [0.2, 0.25) is 11.9 Å². The predicted octanol–water partition coefficient (Wildman–Crippen LogP) is -0.697. The molecule has 1 fully saturated rings. The number of amides is 1. The number of hydrogen-bond acceptors (Lipinski definition) is 7. The lowest BCUT2D eigenvalue weighted by Crippen LogP contribution is -2.30. The summed E-state index contributed by atoms with van der Waals surface area (Å²) in [5.74, 6) is -0.796. The van der Waals surface area contributed by atoms with E-state index in [1.807, 2.05) is 0 Å². The number of carbonyl (C=O) groups is 1. The van der Waals surface area contributed by atoms with Crippen LogP contribution in [0.5, 0.6) is 0 Å². The minimum absolute atomic E-state index is 0.0127. The molecule has 136 valence electrons. The summed E-state index contributed by atoms with van der Waals surface area (Å²) in [6, 6.07) is 0. The van der Waals surface area contributed by atoms with Crippen molar-refractivity contribution in [3.63, 3.8) is 0 Å². The Labute approximate surface area is 140 Å². The largest absolute Gasteiger partial charge is 0.394 e. The molecule has 1 aliphatic heterocycles. The molecule has 4 N–H and O–H groups in total. The summed E-state index contributed by atoms with van der Waals surface area (Å²) in [6.07, 6.45) is -4.61. The van der Waals surface area contributed by atoms with Gasteiger partial charge in [0, 0.05) is 5.92 Å². The molecular formula is C14H18FN5O5. The molecule has 2 aromatic rings. The molecule has 2 unspecified atom stereocenters. The Morgan fingerprint density at radius 1 is 1.56 bits per heavy atom. The summed E-state index contributed by atoms with van der Waals surface area (Å²) in [7, 11) is 0. The number of carbonyl (C=O) groups excluding carboxylic acids is 1. The smallest absolute Gasteiger partial charge is 0.280 e. The Kier molecular flexibility index (Phi) is 4.54. The fraction of sp³-hybridized carbons (Fsp3) is 0.571. The second kappa shape index (κ2) is 6.50. The first-order valence-electron chi connectivity index (χ1n) is 7.69. The van der Waals surface area contributed by atoms with Crippen molar-refractivity contribution in [2.24, 2.45) is 5.92 Å². The number of halogens is 1. The number of nitrogens with zero attached hydrogens (tertiary/aromatic N) is 3. The van der Waals surface area contributed by atoms with Crippen LogP contribution in [-0.4, -0.2) is 60.6 Å². The van der Waals surface area contributed by atoms with Crippen molar-refractivity contribution in [1.29, 1.82) is 0 Å². The molecule has 0 radical (unpaired) electrons. The molecule has 1 saturated heterocycles. The Morgan fingerprint density at radius 2 is 2.28 bits per heavy atom. The zero-order valence-corrected chi connectivity index (χ0v) is 13.5. The Hall–Kier alpha value is -2.37. The minimum Gasteiger partial charge on any atom is -0.394 e. The van der Waals surface area contributed by atoms with Crippen LogP contribution in [0.3, 0.4) is 0 Å². The van der Waals surface area contributed by atoms with E-state index in [4.69, 9.17) is 9.84 Å². The lowest BCUT2D eigenvalue weighted by Gasteiger charge is -2.15. The average molecular weight is 355 g/mol. The van der Waals surface area contributed by atoms with E-state index in [0.717, 1.165) is 10.9 Å². The molecule has 0 spiro atoms. The lowest BCUT2D eigenvalue weighted by atomic mass is 10.1. The van der Waals surface area contributed by atoms with E-state index in [-0.39, 0.29) is 28.9 Å². The van der Waals surface area contributed by atoms with E-state index < -0.39 is 36.8 Å². The normalized spacial score (nSPS) is 26.5. The van der Waals surface area contributed by atoms with E-state index in [0.29, 0.717) is 0 Å². The molecule has 0 aromatic carbocycles. The fourth-order valence-corrected chi connectivity index (χ4v) is 2.51. The number of rotatable bonds is 4. The number of ether oxygens (including phenoxy) is 1. The highest BCUT2D eigenvalue weighted by Gasteiger charge is 2.45. The molecule has 3 rings (SSSR count). The highest BCUT2D eigenvalue weighted by Crippen LogP contribution is 2.33. The third-order valence-corrected chi connectivity index (χ3v) is 3.95. The number of anilines is 1. The molecular weight excluding hydrogens is 337 g/mol. The van der Waals surface area contributed by atoms with E-state index in [2.05, 4.69) is 20.3 Å². The van der Waals surface area contributed by atoms with E-state index in [1.54, 1.807) is 13.8 Å². The summed E-state index contributed by atoms with van der Waals surface area (Å²) in [6.45, 7) is 2.79. The van der Waals surface area contributed by atoms with Crippen molar-refractivity contribution in [1.82, 2.24) is 19.5 Å². The van der Waals surface area contributed by atoms with E-state index >= 15 is 0 Å². The van der Waals surface area contributed by atoms with E-state index in [9.17, 15) is 19.1 Å². The number of hydrogen-bond donors (Lipinski definition) is 4. The minimum atomic E-state index is -1.84. The number of aliphatic hydroxyl groups is 2. The van der Waals surface area contributed by atoms with Crippen LogP contribution in [0.2, 0.25) is 0 Å². The number of aromatic amines is 1. The molecule has 1 aliphatic rings. The summed E-state index contributed by atoms with van der Waals surface area (Å²) >= 11 is 0. The molecule has 3 heterocycles. The van der Waals surface area contributed by atoms with Crippen molar-refractivity contribution >= 4 is 23.0 Å². The summed E-state index contributed by atoms with van der Waals surface area (Å²) in [4.78, 5) is 34.2. The molecule has 1 amide bonds. The predicted molar refractivity (Wildman–Crippen MR) is 83.5 cm³/mol. The molecule has 0 bridgehead atoms. The van der Waals surface area contributed by atoms with Crippen molar-refractivity contribution in [2.75, 3.05) is 11.9 Å². The van der Waals surface area contributed by atoms with Crippen molar-refractivity contribution in [2.45, 2.75) is 38.5 Å². The molecule has 11 heteroatoms. The lowest BCUT2D eigenvalue weighted by molar-refractivity contribution is -0.118. The van der Waals surface area contributed by atoms with Crippen LogP contribution < -0.4 is 10.9 Å². The van der Waals surface area contributed by atoms with Crippen molar-refractivity contribution in [3.8, 4) is 0 Å². The second-order valence-electron chi connectivity index (χ2n) is 6.07. The number of nitrogens with one attached hydrogen (secondary N) is 2. The van der Waals surface area contributed by atoms with Crippen molar-refractivity contribution in [3.05, 3.63) is 16.7 Å². The first kappa shape index (κ1) is 17.5. The molecule has 4 atom stereocenters. The van der Waals surface area contributed by atoms with Gasteiger partial charge in [0.15, 0.2) is 23.6 Å². The maximum atomic E-state index is 14.3. The maximum Gasteiger partial charge on any atom is 0.280 e. The molecule has 10 nitrogen and oxygen atoms in total. The average Bonchev–Trinajstić information content (AvgIpc) is 3.10. The van der Waals surface area contributed by atoms with Gasteiger partial charge in [-0.2, -0.15) is 4.98 Å². The Bertz CT molecular complexity index is 850. The van der Waals surface area contributed by atoms with Gasteiger partial charge in [-0.05, 0) is 0 Å². The number of H-pyrrole nitrogens is 1. The number of imidazole rings is 1. The first-order valence-corrected chi connectivity index (χ1v) is 7.69. The Balaban J connectivity index is 2.01. The van der Waals surface area contributed by atoms with Crippen LogP contribution in [-0.2, 0) is 9.53 Å². The van der Waals surface area contributed by atoms with Crippen LogP contribution in [0.15, 0.2) is 11.1 Å². The maximum absolute atomic E-state index is 14.3. The van der Waals surface area contributed by atoms with Crippen LogP contribution >= 0.6 is 0 Å². The van der Waals surface area contributed by atoms with Crippen LogP contribution in [0.1, 0.15) is 20.1 Å². The van der Waals surface area contributed by atoms with Gasteiger partial charge in [-0.15, -0.1) is 0 Å². The molecule has 0 saturated carbocycles. The van der Waals surface area contributed by atoms with Gasteiger partial charge in [-0.25, -0.2) is 9.37 Å². The SMILES string of the molecule is CC(C)C(=O)Nc1nc2c(ncn2[C@@H]2O[C@H](CO)C(O)C2F)c(=O)[nH]1. The highest BCUT2D eigenvalue weighted by atomic mass is 19.1. The topological polar surface area (TPSA) is 142 Å². The first-order chi connectivity index (χ1) is 11.8. The standard InChI is InChI=1S/C14H18FN5O5/c1-5(2)11(23)18-14-17-10-8(12(24)19-14)16-4-20(10)13-7(15)9(22)6(3-21)25-13/h4-7,9,13,21-22H,3H2,1-2H3,(H2,17,18,19,23,24)/t6-,7?,9?,13-/m1/s1. The van der Waals surface area contributed by atoms with Gasteiger partial charge in [-0.3, -0.25) is 24.5 Å². The zero-order chi connectivity index (χ0) is 18.3. The Morgan fingerprint density at radius 3 is 2.88 bits per heavy atom. The molecule has 2 aromatic heterocycles. The van der Waals surface area contributed by atoms with Gasteiger partial charge in [0.1, 0.15) is 12.2 Å². The summed E-state index contributed by atoms with van der Waals surface area (Å²) in [5, 5.41) is 21.3. The van der Waals surface area contributed by atoms with Crippen molar-refractivity contribution < 1.29 is 24.1 Å². The zero-order valence-electron chi connectivity index (χ0n) is 13.5. The highest BCUT2D eigenvalue weighted by molar-refractivity contribution is 5.91. The number of aromatic nitrogens is 4. The fourth-order valence-electron chi connectivity index (χ4n) is 2.51. The van der Waals surface area contributed by atoms with Gasteiger partial charge in [-0.1, -0.05) is 13.8 Å². The molecule has 25 heavy (non-hydrogen) atoms. The van der Waals surface area contributed by atoms with Gasteiger partial charge >= 0.3 is 0 Å². The van der Waals surface area contributed by atoms with Crippen LogP contribution in [0.25, 0.3) is 11.2 Å². The van der Waals surface area contributed by atoms with Gasteiger partial charge < -0.3 is 14.9 Å². The number of alkyl halides is 1. The number of aliphatic hydroxyl groups excluding tert-OH is 2. The second-order valence-corrected chi connectivity index (χ2v) is 6.07. The number of fused-ring (bicyclic) bond motifs is 1. The monoisotopic (exact) mass is 355 g/mol. The van der Waals surface area contributed by atoms with Gasteiger partial charge in [0.05, 0.1) is 12.9 Å². The quantitative estimate of drug-likeness (QED) is 0.568. The summed E-state index contributed by atoms with van der Waals surface area (Å²) in [5.41, 5.74) is -0.697. The van der Waals surface area contributed by atoms with Gasteiger partial charge in [0.25, 0.3) is 5.56 Å². The third-order valence-electron chi connectivity index (χ3n) is 3.95. The van der Waals surface area contributed by atoms with Crippen LogP contribution in [0.4, 0.5) is 10.3 Å².